The number of pyridine rings is 1. The predicted molar refractivity (Wildman–Crippen MR) is 108 cm³/mol. The molecule has 2 N–H and O–H groups in total. The minimum absolute atomic E-state index is 0.00472. The van der Waals surface area contributed by atoms with E-state index in [1.165, 1.54) is 6.92 Å². The van der Waals surface area contributed by atoms with Gasteiger partial charge in [-0.3, -0.25) is 9.78 Å². The first kappa shape index (κ1) is 18.0. The van der Waals surface area contributed by atoms with Crippen molar-refractivity contribution in [3.8, 4) is 11.4 Å². The molecule has 0 aliphatic rings. The molecule has 7 heteroatoms. The van der Waals surface area contributed by atoms with Crippen molar-refractivity contribution in [1.82, 2.24) is 20.1 Å². The largest absolute Gasteiger partial charge is 0.505 e. The molecule has 2 aromatic carbocycles. The van der Waals surface area contributed by atoms with Gasteiger partial charge in [0.25, 0.3) is 0 Å². The van der Waals surface area contributed by atoms with Crippen LogP contribution in [0.3, 0.4) is 0 Å². The first-order valence-corrected chi connectivity index (χ1v) is 9.05. The van der Waals surface area contributed by atoms with E-state index in [2.05, 4.69) is 15.4 Å². The van der Waals surface area contributed by atoms with Crippen LogP contribution in [-0.4, -0.2) is 25.8 Å². The van der Waals surface area contributed by atoms with Crippen molar-refractivity contribution in [1.29, 1.82) is 0 Å². The summed E-state index contributed by atoms with van der Waals surface area (Å²) in [7, 11) is 0. The van der Waals surface area contributed by atoms with Crippen LogP contribution in [-0.2, 0) is 4.79 Å². The second kappa shape index (κ2) is 7.32. The fourth-order valence-electron chi connectivity index (χ4n) is 3.21. The van der Waals surface area contributed by atoms with Crippen molar-refractivity contribution >= 4 is 28.4 Å². The van der Waals surface area contributed by atoms with E-state index in [0.29, 0.717) is 21.5 Å². The minimum Gasteiger partial charge on any atom is -0.505 e. The summed E-state index contributed by atoms with van der Waals surface area (Å²) >= 11 is 6.42. The molecule has 1 unspecified atom stereocenters. The van der Waals surface area contributed by atoms with Crippen LogP contribution < -0.4 is 5.32 Å². The number of phenols is 1. The summed E-state index contributed by atoms with van der Waals surface area (Å²) in [5.74, 6) is -0.229. The van der Waals surface area contributed by atoms with Crippen LogP contribution in [0.2, 0.25) is 5.02 Å². The lowest BCUT2D eigenvalue weighted by atomic mass is 9.96. The van der Waals surface area contributed by atoms with Gasteiger partial charge in [-0.1, -0.05) is 23.7 Å². The Hall–Kier alpha value is -3.38. The lowest BCUT2D eigenvalue weighted by Gasteiger charge is -2.21. The highest BCUT2D eigenvalue weighted by Crippen LogP contribution is 2.38. The van der Waals surface area contributed by atoms with Crippen LogP contribution in [0.4, 0.5) is 0 Å². The number of carbonyl (C=O) groups is 1. The second-order valence-corrected chi connectivity index (χ2v) is 6.78. The number of halogens is 1. The van der Waals surface area contributed by atoms with Gasteiger partial charge in [-0.05, 0) is 42.0 Å². The van der Waals surface area contributed by atoms with E-state index in [1.807, 2.05) is 36.5 Å². The number of nitrogens with zero attached hydrogens (tertiary/aromatic N) is 3. The maximum Gasteiger partial charge on any atom is 0.217 e. The van der Waals surface area contributed by atoms with Gasteiger partial charge < -0.3 is 10.4 Å². The Morgan fingerprint density at radius 2 is 1.96 bits per heavy atom. The maximum absolute atomic E-state index is 11.9. The normalized spacial score (nSPS) is 12.1. The van der Waals surface area contributed by atoms with E-state index in [9.17, 15) is 9.90 Å². The monoisotopic (exact) mass is 392 g/mol. The molecule has 0 bridgehead atoms. The molecule has 0 fully saturated rings. The van der Waals surface area contributed by atoms with Crippen molar-refractivity contribution in [2.75, 3.05) is 0 Å². The highest BCUT2D eigenvalue weighted by molar-refractivity contribution is 6.35. The molecule has 2 aromatic heterocycles. The van der Waals surface area contributed by atoms with Gasteiger partial charge in [-0.2, -0.15) is 5.10 Å². The van der Waals surface area contributed by atoms with Crippen molar-refractivity contribution < 1.29 is 9.90 Å². The Kier molecular flexibility index (Phi) is 4.71. The topological polar surface area (TPSA) is 80.0 Å². The Balaban J connectivity index is 1.82. The minimum atomic E-state index is -0.576. The molecular formula is C21H17ClN4O2. The zero-order valence-corrected chi connectivity index (χ0v) is 15.8. The van der Waals surface area contributed by atoms with Gasteiger partial charge in [0.05, 0.1) is 16.8 Å². The summed E-state index contributed by atoms with van der Waals surface area (Å²) in [4.78, 5) is 16.1. The third-order valence-electron chi connectivity index (χ3n) is 4.50. The first-order chi connectivity index (χ1) is 13.5. The fourth-order valence-corrected chi connectivity index (χ4v) is 3.48. The number of aromatic nitrogens is 3. The van der Waals surface area contributed by atoms with E-state index in [0.717, 1.165) is 11.3 Å². The quantitative estimate of drug-likeness (QED) is 0.550. The van der Waals surface area contributed by atoms with Gasteiger partial charge >= 0.3 is 0 Å². The van der Waals surface area contributed by atoms with Crippen LogP contribution in [0.1, 0.15) is 24.1 Å². The van der Waals surface area contributed by atoms with Gasteiger partial charge in [0.1, 0.15) is 11.3 Å². The first-order valence-electron chi connectivity index (χ1n) is 8.68. The molecule has 0 aliphatic carbocycles. The predicted octanol–water partition coefficient (Wildman–Crippen LogP) is 4.01. The third-order valence-corrected chi connectivity index (χ3v) is 4.81. The van der Waals surface area contributed by atoms with Crippen LogP contribution >= 0.6 is 11.6 Å². The van der Waals surface area contributed by atoms with E-state index in [1.54, 1.807) is 35.3 Å². The number of rotatable bonds is 4. The number of carbonyl (C=O) groups excluding carboxylic acids is 1. The number of benzene rings is 2. The average Bonchev–Trinajstić information content (AvgIpc) is 3.24. The molecule has 0 aliphatic heterocycles. The van der Waals surface area contributed by atoms with E-state index in [4.69, 9.17) is 11.6 Å². The second-order valence-electron chi connectivity index (χ2n) is 6.37. The summed E-state index contributed by atoms with van der Waals surface area (Å²) in [6.07, 6.45) is 5.14. The average molecular weight is 393 g/mol. The van der Waals surface area contributed by atoms with Gasteiger partial charge in [-0.15, -0.1) is 0 Å². The van der Waals surface area contributed by atoms with Crippen LogP contribution in [0.25, 0.3) is 16.6 Å². The van der Waals surface area contributed by atoms with Crippen LogP contribution in [0.5, 0.6) is 5.75 Å². The van der Waals surface area contributed by atoms with E-state index < -0.39 is 6.04 Å². The molecule has 4 rings (SSSR count). The van der Waals surface area contributed by atoms with Crippen molar-refractivity contribution in [3.63, 3.8) is 0 Å². The maximum atomic E-state index is 11.9. The summed E-state index contributed by atoms with van der Waals surface area (Å²) in [6.45, 7) is 1.43. The summed E-state index contributed by atoms with van der Waals surface area (Å²) in [5.41, 5.74) is 2.57. The molecule has 6 nitrogen and oxygen atoms in total. The molecule has 2 heterocycles. The number of amides is 1. The Morgan fingerprint density at radius 1 is 1.18 bits per heavy atom. The zero-order chi connectivity index (χ0) is 19.7. The SMILES string of the molecule is CC(=O)NC(c1ccc(-n2cccn2)cc1)c1cc(Cl)c2cccnc2c1O. The zero-order valence-electron chi connectivity index (χ0n) is 15.0. The lowest BCUT2D eigenvalue weighted by Crippen LogP contribution is -2.27. The standard InChI is InChI=1S/C21H17ClN4O2/c1-13(27)25-19(14-5-7-15(8-6-14)26-11-3-10-24-26)17-12-18(22)16-4-2-9-23-20(16)21(17)28/h2-12,19,28H,1H3,(H,25,27). The number of aromatic hydroxyl groups is 1. The Bertz CT molecular complexity index is 1140. The summed E-state index contributed by atoms with van der Waals surface area (Å²) in [5, 5.41) is 19.0. The third kappa shape index (κ3) is 3.30. The Morgan fingerprint density at radius 3 is 2.64 bits per heavy atom. The fraction of sp³-hybridized carbons (Fsp3) is 0.0952. The van der Waals surface area contributed by atoms with Gasteiger partial charge in [0, 0.05) is 36.5 Å². The lowest BCUT2D eigenvalue weighted by molar-refractivity contribution is -0.119. The van der Waals surface area contributed by atoms with Crippen molar-refractivity contribution in [2.45, 2.75) is 13.0 Å². The van der Waals surface area contributed by atoms with E-state index >= 15 is 0 Å². The van der Waals surface area contributed by atoms with Crippen LogP contribution in [0, 0.1) is 0 Å². The molecule has 4 aromatic rings. The Labute approximate surface area is 166 Å². The molecule has 1 amide bonds. The molecule has 0 saturated heterocycles. The highest BCUT2D eigenvalue weighted by atomic mass is 35.5. The number of phenolic OH excluding ortho intramolecular Hbond substituents is 1. The number of nitrogens with one attached hydrogen (secondary N) is 1. The molecule has 28 heavy (non-hydrogen) atoms. The summed E-state index contributed by atoms with van der Waals surface area (Å²) in [6, 6.07) is 14.0. The van der Waals surface area contributed by atoms with Gasteiger partial charge in [0.2, 0.25) is 5.91 Å². The number of hydrogen-bond acceptors (Lipinski definition) is 4. The highest BCUT2D eigenvalue weighted by Gasteiger charge is 2.22. The molecule has 0 radical (unpaired) electrons. The van der Waals surface area contributed by atoms with Crippen molar-refractivity contribution in [2.24, 2.45) is 0 Å². The number of fused-ring (bicyclic) bond motifs is 1. The van der Waals surface area contributed by atoms with Gasteiger partial charge in [0.15, 0.2) is 0 Å². The smallest absolute Gasteiger partial charge is 0.217 e. The van der Waals surface area contributed by atoms with Crippen molar-refractivity contribution in [3.05, 3.63) is 83.3 Å². The molecule has 0 spiro atoms. The van der Waals surface area contributed by atoms with Gasteiger partial charge in [-0.25, -0.2) is 4.68 Å². The molecule has 0 saturated carbocycles. The molecular weight excluding hydrogens is 376 g/mol. The molecule has 1 atom stereocenters. The molecule has 140 valence electrons. The summed E-state index contributed by atoms with van der Waals surface area (Å²) < 4.78 is 1.74. The number of hydrogen-bond donors (Lipinski definition) is 2. The van der Waals surface area contributed by atoms with E-state index in [-0.39, 0.29) is 11.7 Å². The van der Waals surface area contributed by atoms with Crippen LogP contribution in [0.15, 0.2) is 67.1 Å².